The van der Waals surface area contributed by atoms with Crippen molar-refractivity contribution in [2.24, 2.45) is 0 Å². The maximum absolute atomic E-state index is 13.1. The van der Waals surface area contributed by atoms with Crippen LogP contribution in [0.2, 0.25) is 0 Å². The van der Waals surface area contributed by atoms with Crippen LogP contribution in [0.15, 0.2) is 24.3 Å². The highest BCUT2D eigenvalue weighted by atomic mass is 16.7. The summed E-state index contributed by atoms with van der Waals surface area (Å²) in [4.78, 5) is 25.9. The minimum atomic E-state index is -1.76. The van der Waals surface area contributed by atoms with Crippen molar-refractivity contribution in [2.45, 2.75) is 300 Å². The van der Waals surface area contributed by atoms with E-state index in [9.17, 15) is 45.3 Å². The standard InChI is InChI=1S/C57H104O15/c1-3-5-7-9-11-13-15-17-19-21-22-24-26-28-30-32-34-36-38-40-49(60)70-45(42-67-48(59)39-37-35-33-31-29-27-25-23-20-18-16-14-12-10-8-6-4-2)43-68-56-55(66)53(64)51(62)47(72-56)44-69-57-54(65)52(63)50(61)46(41-58)71-57/h17-20,45-47,50-58,61-66H,3-16,21-44H2,1-2H3/b19-17-,20-18-. The Morgan fingerprint density at radius 3 is 1.22 bits per heavy atom. The van der Waals surface area contributed by atoms with Crippen LogP contribution in [0.4, 0.5) is 0 Å². The molecule has 422 valence electrons. The number of esters is 2. The monoisotopic (exact) mass is 1030 g/mol. The molecule has 0 bridgehead atoms. The Balaban J connectivity index is 1.76. The lowest BCUT2D eigenvalue weighted by molar-refractivity contribution is -0.332. The molecule has 2 fully saturated rings. The number of carbonyl (C=O) groups is 2. The average molecular weight is 1030 g/mol. The lowest BCUT2D eigenvalue weighted by Crippen LogP contribution is -2.61. The molecule has 11 unspecified atom stereocenters. The van der Waals surface area contributed by atoms with Gasteiger partial charge >= 0.3 is 11.9 Å². The van der Waals surface area contributed by atoms with Crippen molar-refractivity contribution in [1.82, 2.24) is 0 Å². The minimum Gasteiger partial charge on any atom is -0.462 e. The first-order valence-corrected chi connectivity index (χ1v) is 28.9. The van der Waals surface area contributed by atoms with Crippen molar-refractivity contribution in [2.75, 3.05) is 26.4 Å². The van der Waals surface area contributed by atoms with Gasteiger partial charge in [-0.25, -0.2) is 0 Å². The van der Waals surface area contributed by atoms with Gasteiger partial charge in [0.2, 0.25) is 0 Å². The molecule has 0 aromatic carbocycles. The van der Waals surface area contributed by atoms with Crippen molar-refractivity contribution < 1.29 is 73.8 Å². The molecule has 0 aliphatic carbocycles. The number of carbonyl (C=O) groups excluding carboxylic acids is 2. The molecule has 2 saturated heterocycles. The van der Waals surface area contributed by atoms with Crippen LogP contribution in [0.5, 0.6) is 0 Å². The van der Waals surface area contributed by atoms with E-state index in [1.54, 1.807) is 0 Å². The fourth-order valence-corrected chi connectivity index (χ4v) is 9.15. The van der Waals surface area contributed by atoms with E-state index in [2.05, 4.69) is 38.2 Å². The van der Waals surface area contributed by atoms with E-state index >= 15 is 0 Å². The molecule has 0 spiro atoms. The molecule has 72 heavy (non-hydrogen) atoms. The topological polar surface area (TPSA) is 231 Å². The van der Waals surface area contributed by atoms with Crippen molar-refractivity contribution in [3.8, 4) is 0 Å². The molecular weight excluding hydrogens is 925 g/mol. The van der Waals surface area contributed by atoms with Crippen LogP contribution >= 0.6 is 0 Å². The predicted molar refractivity (Wildman–Crippen MR) is 280 cm³/mol. The highest BCUT2D eigenvalue weighted by Gasteiger charge is 2.47. The summed E-state index contributed by atoms with van der Waals surface area (Å²) in [7, 11) is 0. The fourth-order valence-electron chi connectivity index (χ4n) is 9.15. The first kappa shape index (κ1) is 66.1. The summed E-state index contributed by atoms with van der Waals surface area (Å²) >= 11 is 0. The molecule has 2 aliphatic rings. The zero-order chi connectivity index (χ0) is 52.4. The van der Waals surface area contributed by atoms with Crippen molar-refractivity contribution in [3.63, 3.8) is 0 Å². The van der Waals surface area contributed by atoms with Gasteiger partial charge in [0, 0.05) is 12.8 Å². The third-order valence-corrected chi connectivity index (χ3v) is 13.9. The number of aliphatic hydroxyl groups excluding tert-OH is 7. The Morgan fingerprint density at radius 1 is 0.431 bits per heavy atom. The van der Waals surface area contributed by atoms with Crippen LogP contribution < -0.4 is 0 Å². The minimum absolute atomic E-state index is 0.164. The lowest BCUT2D eigenvalue weighted by Gasteiger charge is -2.42. The Kier molecular flexibility index (Phi) is 40.5. The molecule has 11 atom stereocenters. The van der Waals surface area contributed by atoms with Gasteiger partial charge in [-0.05, 0) is 64.2 Å². The number of hydrogen-bond acceptors (Lipinski definition) is 15. The van der Waals surface area contributed by atoms with Crippen LogP contribution in [0.3, 0.4) is 0 Å². The van der Waals surface area contributed by atoms with Gasteiger partial charge in [-0.15, -0.1) is 0 Å². The van der Waals surface area contributed by atoms with E-state index in [-0.39, 0.29) is 26.1 Å². The zero-order valence-corrected chi connectivity index (χ0v) is 44.9. The number of rotatable bonds is 46. The van der Waals surface area contributed by atoms with Gasteiger partial charge in [-0.3, -0.25) is 9.59 Å². The largest absolute Gasteiger partial charge is 0.462 e. The van der Waals surface area contributed by atoms with Crippen LogP contribution in [0, 0.1) is 0 Å². The summed E-state index contributed by atoms with van der Waals surface area (Å²) in [5, 5.41) is 72.3. The third kappa shape index (κ3) is 31.1. The van der Waals surface area contributed by atoms with Crippen molar-refractivity contribution in [3.05, 3.63) is 24.3 Å². The maximum atomic E-state index is 13.1. The second-order valence-electron chi connectivity index (χ2n) is 20.5. The van der Waals surface area contributed by atoms with Gasteiger partial charge in [0.15, 0.2) is 18.7 Å². The number of hydrogen-bond donors (Lipinski definition) is 7. The first-order chi connectivity index (χ1) is 35.0. The number of allylic oxidation sites excluding steroid dienone is 4. The summed E-state index contributed by atoms with van der Waals surface area (Å²) in [6, 6.07) is 0. The molecule has 2 rings (SSSR count). The highest BCUT2D eigenvalue weighted by molar-refractivity contribution is 5.70. The van der Waals surface area contributed by atoms with Crippen LogP contribution in [0.25, 0.3) is 0 Å². The number of unbranched alkanes of at least 4 members (excludes halogenated alkanes) is 28. The Bertz CT molecular complexity index is 1350. The summed E-state index contributed by atoms with van der Waals surface area (Å²) in [6.07, 6.45) is 30.5. The number of ether oxygens (including phenoxy) is 6. The van der Waals surface area contributed by atoms with Crippen molar-refractivity contribution in [1.29, 1.82) is 0 Å². The lowest BCUT2D eigenvalue weighted by atomic mass is 9.98. The summed E-state index contributed by atoms with van der Waals surface area (Å²) in [5.41, 5.74) is 0. The van der Waals surface area contributed by atoms with Crippen LogP contribution in [0.1, 0.15) is 232 Å². The molecule has 7 N–H and O–H groups in total. The average Bonchev–Trinajstić information content (AvgIpc) is 3.37. The van der Waals surface area contributed by atoms with Gasteiger partial charge in [0.05, 0.1) is 19.8 Å². The van der Waals surface area contributed by atoms with Gasteiger partial charge in [-0.2, -0.15) is 0 Å². The quantitative estimate of drug-likeness (QED) is 0.0171. The van der Waals surface area contributed by atoms with Crippen molar-refractivity contribution >= 4 is 11.9 Å². The van der Waals surface area contributed by atoms with E-state index in [4.69, 9.17) is 28.4 Å². The molecule has 0 radical (unpaired) electrons. The predicted octanol–water partition coefficient (Wildman–Crippen LogP) is 9.50. The van der Waals surface area contributed by atoms with E-state index < -0.39 is 92.7 Å². The second kappa shape index (κ2) is 44.1. The zero-order valence-electron chi connectivity index (χ0n) is 44.9. The Labute approximate surface area is 434 Å². The molecular formula is C57H104O15. The maximum Gasteiger partial charge on any atom is 0.306 e. The second-order valence-corrected chi connectivity index (χ2v) is 20.5. The fraction of sp³-hybridized carbons (Fsp3) is 0.895. The Morgan fingerprint density at radius 2 is 0.792 bits per heavy atom. The molecule has 2 heterocycles. The molecule has 0 amide bonds. The molecule has 15 heteroatoms. The summed E-state index contributed by atoms with van der Waals surface area (Å²) in [6.45, 7) is 2.61. The first-order valence-electron chi connectivity index (χ1n) is 28.9. The summed E-state index contributed by atoms with van der Waals surface area (Å²) < 4.78 is 33.7. The SMILES string of the molecule is CCCCCCCC/C=C\CCCCCCCCCCCC(=O)OC(COC(=O)CCCCCCCCC/C=C\CCCCCCCC)COC1OC(COC2OC(CO)C(O)C(O)C2O)C(O)C(O)C1O. The normalized spacial score (nSPS) is 25.1. The summed E-state index contributed by atoms with van der Waals surface area (Å²) in [5.74, 6) is -0.923. The van der Waals surface area contributed by atoms with Crippen LogP contribution in [-0.4, -0.2) is 142 Å². The van der Waals surface area contributed by atoms with E-state index in [1.807, 2.05) is 0 Å². The smallest absolute Gasteiger partial charge is 0.306 e. The Hall–Kier alpha value is -2.02. The van der Waals surface area contributed by atoms with Crippen LogP contribution in [-0.2, 0) is 38.0 Å². The van der Waals surface area contributed by atoms with Gasteiger partial charge in [0.1, 0.15) is 55.4 Å². The molecule has 0 aromatic heterocycles. The van der Waals surface area contributed by atoms with E-state index in [0.29, 0.717) is 12.8 Å². The van der Waals surface area contributed by atoms with E-state index in [0.717, 1.165) is 51.4 Å². The molecule has 2 aliphatic heterocycles. The van der Waals surface area contributed by atoms with E-state index in [1.165, 1.54) is 141 Å². The van der Waals surface area contributed by atoms with Gasteiger partial charge in [-0.1, -0.05) is 179 Å². The molecule has 0 saturated carbocycles. The third-order valence-electron chi connectivity index (χ3n) is 13.9. The molecule has 0 aromatic rings. The number of aliphatic hydroxyl groups is 7. The van der Waals surface area contributed by atoms with Gasteiger partial charge < -0.3 is 64.2 Å². The highest BCUT2D eigenvalue weighted by Crippen LogP contribution is 2.27. The van der Waals surface area contributed by atoms with Gasteiger partial charge in [0.25, 0.3) is 0 Å². The molecule has 15 nitrogen and oxygen atoms in total.